The van der Waals surface area contributed by atoms with Gasteiger partial charge in [0, 0.05) is 30.4 Å². The number of pyridine rings is 1. The summed E-state index contributed by atoms with van der Waals surface area (Å²) in [5.74, 6) is 2.17. The van der Waals surface area contributed by atoms with Gasteiger partial charge in [0.05, 0.1) is 6.61 Å². The Morgan fingerprint density at radius 2 is 2.05 bits per heavy atom. The molecule has 0 unspecified atom stereocenters. The molecule has 0 aliphatic rings. The van der Waals surface area contributed by atoms with Crippen LogP contribution in [0, 0.1) is 0 Å². The van der Waals surface area contributed by atoms with Gasteiger partial charge in [-0.05, 0) is 18.1 Å². The maximum atomic E-state index is 5.68. The molecule has 0 bridgehead atoms. The highest BCUT2D eigenvalue weighted by atomic mass is 16.5. The molecule has 0 aliphatic carbocycles. The molecule has 2 aromatic rings. The van der Waals surface area contributed by atoms with Crippen LogP contribution in [0.4, 0.5) is 5.82 Å². The van der Waals surface area contributed by atoms with Crippen molar-refractivity contribution < 1.29 is 4.74 Å². The molecule has 1 N–H and O–H groups in total. The summed E-state index contributed by atoms with van der Waals surface area (Å²) in [4.78, 5) is 13.2. The molecule has 0 aliphatic heterocycles. The summed E-state index contributed by atoms with van der Waals surface area (Å²) < 4.78 is 5.68. The molecule has 5 heteroatoms. The first-order chi connectivity index (χ1) is 10.5. The number of hydrogen-bond acceptors (Lipinski definition) is 5. The molecule has 0 amide bonds. The van der Waals surface area contributed by atoms with Crippen molar-refractivity contribution in [3.05, 3.63) is 42.0 Å². The van der Waals surface area contributed by atoms with Crippen LogP contribution in [0.1, 0.15) is 45.5 Å². The zero-order chi connectivity index (χ0) is 16.0. The van der Waals surface area contributed by atoms with E-state index in [2.05, 4.69) is 48.0 Å². The third-order valence-electron chi connectivity index (χ3n) is 3.02. The molecule has 118 valence electrons. The average molecular weight is 300 g/mol. The Morgan fingerprint density at radius 3 is 2.68 bits per heavy atom. The Morgan fingerprint density at radius 1 is 1.23 bits per heavy atom. The van der Waals surface area contributed by atoms with Gasteiger partial charge < -0.3 is 10.1 Å². The molecule has 2 aromatic heterocycles. The Labute approximate surface area is 132 Å². The van der Waals surface area contributed by atoms with E-state index >= 15 is 0 Å². The van der Waals surface area contributed by atoms with Crippen molar-refractivity contribution in [2.75, 3.05) is 11.9 Å². The summed E-state index contributed by atoms with van der Waals surface area (Å²) >= 11 is 0. The van der Waals surface area contributed by atoms with E-state index in [1.165, 1.54) is 0 Å². The average Bonchev–Trinajstić information content (AvgIpc) is 2.51. The molecule has 0 saturated heterocycles. The minimum atomic E-state index is -0.129. The molecule has 0 radical (unpaired) electrons. The number of nitrogens with zero attached hydrogens (tertiary/aromatic N) is 3. The number of hydrogen-bond donors (Lipinski definition) is 1. The van der Waals surface area contributed by atoms with Crippen LogP contribution in [0.3, 0.4) is 0 Å². The van der Waals surface area contributed by atoms with Crippen LogP contribution >= 0.6 is 0 Å². The predicted octanol–water partition coefficient (Wildman–Crippen LogP) is 3.57. The summed E-state index contributed by atoms with van der Waals surface area (Å²) in [6, 6.07) is 5.80. The zero-order valence-corrected chi connectivity index (χ0v) is 13.8. The molecule has 22 heavy (non-hydrogen) atoms. The van der Waals surface area contributed by atoms with Gasteiger partial charge >= 0.3 is 0 Å². The fourth-order valence-corrected chi connectivity index (χ4v) is 1.83. The van der Waals surface area contributed by atoms with E-state index in [4.69, 9.17) is 4.74 Å². The summed E-state index contributed by atoms with van der Waals surface area (Å²) in [7, 11) is 0. The Hall–Kier alpha value is -2.17. The Bertz CT molecular complexity index is 593. The SMILES string of the molecule is CCCOc1cc(NCc2cccnc2)nc(C(C)(C)C)n1. The van der Waals surface area contributed by atoms with Gasteiger partial charge in [0.2, 0.25) is 5.88 Å². The number of aromatic nitrogens is 3. The molecule has 0 fully saturated rings. The van der Waals surface area contributed by atoms with Gasteiger partial charge in [0.15, 0.2) is 0 Å². The Kier molecular flexibility index (Phi) is 5.31. The molecular formula is C17H24N4O. The number of anilines is 1. The van der Waals surface area contributed by atoms with E-state index < -0.39 is 0 Å². The quantitative estimate of drug-likeness (QED) is 0.883. The van der Waals surface area contributed by atoms with E-state index in [1.807, 2.05) is 24.4 Å². The maximum Gasteiger partial charge on any atom is 0.218 e. The first-order valence-corrected chi connectivity index (χ1v) is 7.64. The van der Waals surface area contributed by atoms with E-state index in [-0.39, 0.29) is 5.41 Å². The highest BCUT2D eigenvalue weighted by Gasteiger charge is 2.19. The Balaban J connectivity index is 2.18. The maximum absolute atomic E-state index is 5.68. The van der Waals surface area contributed by atoms with Crippen LogP contribution in [0.25, 0.3) is 0 Å². The minimum Gasteiger partial charge on any atom is -0.478 e. The monoisotopic (exact) mass is 300 g/mol. The van der Waals surface area contributed by atoms with Gasteiger partial charge in [-0.1, -0.05) is 33.8 Å². The van der Waals surface area contributed by atoms with Crippen molar-refractivity contribution in [2.24, 2.45) is 0 Å². The van der Waals surface area contributed by atoms with Gasteiger partial charge in [-0.3, -0.25) is 4.98 Å². The van der Waals surface area contributed by atoms with Crippen LogP contribution in [-0.4, -0.2) is 21.6 Å². The van der Waals surface area contributed by atoms with E-state index in [0.29, 0.717) is 19.0 Å². The summed E-state index contributed by atoms with van der Waals surface area (Å²) in [6.45, 7) is 9.68. The first kappa shape index (κ1) is 16.2. The molecule has 0 aromatic carbocycles. The van der Waals surface area contributed by atoms with E-state index in [9.17, 15) is 0 Å². The molecule has 2 rings (SSSR count). The van der Waals surface area contributed by atoms with E-state index in [0.717, 1.165) is 23.6 Å². The van der Waals surface area contributed by atoms with Crippen molar-refractivity contribution in [1.82, 2.24) is 15.0 Å². The largest absolute Gasteiger partial charge is 0.478 e. The summed E-state index contributed by atoms with van der Waals surface area (Å²) in [5, 5.41) is 3.32. The predicted molar refractivity (Wildman–Crippen MR) is 88.1 cm³/mol. The topological polar surface area (TPSA) is 59.9 Å². The lowest BCUT2D eigenvalue weighted by Gasteiger charge is -2.19. The molecule has 5 nitrogen and oxygen atoms in total. The lowest BCUT2D eigenvalue weighted by Crippen LogP contribution is -2.18. The fourth-order valence-electron chi connectivity index (χ4n) is 1.83. The highest BCUT2D eigenvalue weighted by molar-refractivity contribution is 5.40. The van der Waals surface area contributed by atoms with Gasteiger partial charge in [-0.25, -0.2) is 4.98 Å². The van der Waals surface area contributed by atoms with Crippen molar-refractivity contribution >= 4 is 5.82 Å². The second kappa shape index (κ2) is 7.20. The lowest BCUT2D eigenvalue weighted by molar-refractivity contribution is 0.301. The third kappa shape index (κ3) is 4.69. The smallest absolute Gasteiger partial charge is 0.218 e. The molecule has 0 saturated carbocycles. The van der Waals surface area contributed by atoms with Gasteiger partial charge in [-0.15, -0.1) is 0 Å². The minimum absolute atomic E-state index is 0.129. The standard InChI is InChI=1S/C17H24N4O/c1-5-9-22-15-10-14(20-16(21-15)17(2,3)4)19-12-13-7-6-8-18-11-13/h6-8,10-11H,5,9,12H2,1-4H3,(H,19,20,21). The summed E-state index contributed by atoms with van der Waals surface area (Å²) in [6.07, 6.45) is 4.56. The molecule has 0 spiro atoms. The number of rotatable bonds is 6. The molecular weight excluding hydrogens is 276 g/mol. The second-order valence-electron chi connectivity index (χ2n) is 6.23. The van der Waals surface area contributed by atoms with Gasteiger partial charge in [-0.2, -0.15) is 4.98 Å². The zero-order valence-electron chi connectivity index (χ0n) is 13.8. The van der Waals surface area contributed by atoms with Crippen LogP contribution in [0.15, 0.2) is 30.6 Å². The normalized spacial score (nSPS) is 11.3. The lowest BCUT2D eigenvalue weighted by atomic mass is 9.96. The van der Waals surface area contributed by atoms with Crippen LogP contribution < -0.4 is 10.1 Å². The molecule has 0 atom stereocenters. The van der Waals surface area contributed by atoms with Crippen LogP contribution in [0.2, 0.25) is 0 Å². The first-order valence-electron chi connectivity index (χ1n) is 7.64. The van der Waals surface area contributed by atoms with Crippen molar-refractivity contribution in [2.45, 2.75) is 46.1 Å². The van der Waals surface area contributed by atoms with Crippen molar-refractivity contribution in [3.8, 4) is 5.88 Å². The van der Waals surface area contributed by atoms with Gasteiger partial charge in [0.25, 0.3) is 0 Å². The van der Waals surface area contributed by atoms with Crippen LogP contribution in [-0.2, 0) is 12.0 Å². The number of nitrogens with one attached hydrogen (secondary N) is 1. The van der Waals surface area contributed by atoms with Crippen molar-refractivity contribution in [1.29, 1.82) is 0 Å². The summed E-state index contributed by atoms with van der Waals surface area (Å²) in [5.41, 5.74) is 0.977. The highest BCUT2D eigenvalue weighted by Crippen LogP contribution is 2.23. The van der Waals surface area contributed by atoms with Gasteiger partial charge in [0.1, 0.15) is 11.6 Å². The number of ether oxygens (including phenoxy) is 1. The van der Waals surface area contributed by atoms with Crippen LogP contribution in [0.5, 0.6) is 5.88 Å². The van der Waals surface area contributed by atoms with E-state index in [1.54, 1.807) is 6.20 Å². The fraction of sp³-hybridized carbons (Fsp3) is 0.471. The molecule has 2 heterocycles. The van der Waals surface area contributed by atoms with Crippen molar-refractivity contribution in [3.63, 3.8) is 0 Å². The third-order valence-corrected chi connectivity index (χ3v) is 3.02. The second-order valence-corrected chi connectivity index (χ2v) is 6.23.